The van der Waals surface area contributed by atoms with Gasteiger partial charge in [-0.2, -0.15) is 0 Å². The molecule has 0 saturated carbocycles. The maximum atomic E-state index is 12.6. The monoisotopic (exact) mass is 306 g/mol. The van der Waals surface area contributed by atoms with Crippen molar-refractivity contribution in [3.63, 3.8) is 0 Å². The number of fused-ring (bicyclic) bond motifs is 1. The molecule has 1 atom stereocenters. The average molecular weight is 306 g/mol. The first-order chi connectivity index (χ1) is 10.6. The quantitative estimate of drug-likeness (QED) is 0.859. The third kappa shape index (κ3) is 2.99. The number of carbonyl (C=O) groups excluding carboxylic acids is 1. The fourth-order valence-corrected chi connectivity index (χ4v) is 2.74. The molecular formula is C15H18N2O5. The van der Waals surface area contributed by atoms with E-state index in [1.165, 1.54) is 0 Å². The van der Waals surface area contributed by atoms with Gasteiger partial charge in [-0.1, -0.05) is 12.1 Å². The van der Waals surface area contributed by atoms with Gasteiger partial charge in [-0.15, -0.1) is 0 Å². The highest BCUT2D eigenvalue weighted by molar-refractivity contribution is 5.84. The summed E-state index contributed by atoms with van der Waals surface area (Å²) < 4.78 is 11.0. The number of rotatable bonds is 3. The summed E-state index contributed by atoms with van der Waals surface area (Å²) in [5.74, 6) is -0.510. The van der Waals surface area contributed by atoms with Gasteiger partial charge in [-0.25, -0.2) is 0 Å². The number of carboxylic acids is 1. The summed E-state index contributed by atoms with van der Waals surface area (Å²) in [6.07, 6.45) is -0.688. The van der Waals surface area contributed by atoms with Crippen molar-refractivity contribution >= 4 is 17.6 Å². The summed E-state index contributed by atoms with van der Waals surface area (Å²) >= 11 is 0. The minimum Gasteiger partial charge on any atom is -0.480 e. The van der Waals surface area contributed by atoms with Crippen LogP contribution in [0.25, 0.3) is 0 Å². The molecule has 0 spiro atoms. The normalized spacial score (nSPS) is 21.0. The Hall–Kier alpha value is -2.28. The molecule has 2 heterocycles. The van der Waals surface area contributed by atoms with Gasteiger partial charge in [-0.05, 0) is 12.1 Å². The standard InChI is InChI=1S/C15H18N2O5/c18-14(19)10-17-9-13(15(20)16-5-7-21-8-6-16)22-12-4-2-1-3-11(12)17/h1-4,13H,5-10H2,(H,18,19). The fourth-order valence-electron chi connectivity index (χ4n) is 2.74. The van der Waals surface area contributed by atoms with Crippen LogP contribution in [0.1, 0.15) is 0 Å². The summed E-state index contributed by atoms with van der Waals surface area (Å²) in [6.45, 7) is 2.20. The third-order valence-electron chi connectivity index (χ3n) is 3.79. The van der Waals surface area contributed by atoms with E-state index in [9.17, 15) is 9.59 Å². The fraction of sp³-hybridized carbons (Fsp3) is 0.467. The Morgan fingerprint density at radius 2 is 1.95 bits per heavy atom. The molecule has 7 nitrogen and oxygen atoms in total. The maximum Gasteiger partial charge on any atom is 0.323 e. The van der Waals surface area contributed by atoms with Crippen LogP contribution in [0.3, 0.4) is 0 Å². The molecule has 3 rings (SSSR count). The number of hydrogen-bond acceptors (Lipinski definition) is 5. The number of morpholine rings is 1. The van der Waals surface area contributed by atoms with Gasteiger partial charge < -0.3 is 24.4 Å². The van der Waals surface area contributed by atoms with Crippen molar-refractivity contribution in [2.45, 2.75) is 6.10 Å². The van der Waals surface area contributed by atoms with E-state index in [2.05, 4.69) is 0 Å². The predicted octanol–water partition coefficient (Wildman–Crippen LogP) is 0.197. The second kappa shape index (κ2) is 6.23. The van der Waals surface area contributed by atoms with Crippen molar-refractivity contribution in [3.8, 4) is 5.75 Å². The van der Waals surface area contributed by atoms with Crippen LogP contribution in [0.4, 0.5) is 5.69 Å². The first-order valence-corrected chi connectivity index (χ1v) is 7.24. The highest BCUT2D eigenvalue weighted by atomic mass is 16.5. The van der Waals surface area contributed by atoms with Crippen LogP contribution in [0.15, 0.2) is 24.3 Å². The van der Waals surface area contributed by atoms with Crippen LogP contribution in [0, 0.1) is 0 Å². The molecule has 22 heavy (non-hydrogen) atoms. The molecule has 0 aliphatic carbocycles. The Labute approximate surface area is 128 Å². The zero-order valence-electron chi connectivity index (χ0n) is 12.1. The summed E-state index contributed by atoms with van der Waals surface area (Å²) in [6, 6.07) is 7.18. The zero-order chi connectivity index (χ0) is 15.5. The van der Waals surface area contributed by atoms with E-state index >= 15 is 0 Å². The van der Waals surface area contributed by atoms with Gasteiger partial charge in [0.1, 0.15) is 12.3 Å². The van der Waals surface area contributed by atoms with Gasteiger partial charge >= 0.3 is 5.97 Å². The predicted molar refractivity (Wildman–Crippen MR) is 78.1 cm³/mol. The summed E-state index contributed by atoms with van der Waals surface area (Å²) in [5.41, 5.74) is 0.705. The molecule has 1 aromatic rings. The largest absolute Gasteiger partial charge is 0.480 e. The number of aliphatic carboxylic acids is 1. The Morgan fingerprint density at radius 1 is 1.23 bits per heavy atom. The molecule has 1 unspecified atom stereocenters. The molecule has 1 amide bonds. The van der Waals surface area contributed by atoms with Crippen LogP contribution < -0.4 is 9.64 Å². The van der Waals surface area contributed by atoms with Gasteiger partial charge in [0.2, 0.25) is 0 Å². The molecule has 1 fully saturated rings. The number of nitrogens with zero attached hydrogens (tertiary/aromatic N) is 2. The van der Waals surface area contributed by atoms with E-state index in [0.29, 0.717) is 37.7 Å². The number of para-hydroxylation sites is 2. The van der Waals surface area contributed by atoms with Gasteiger partial charge in [0.15, 0.2) is 6.10 Å². The lowest BCUT2D eigenvalue weighted by Crippen LogP contribution is -2.53. The lowest BCUT2D eigenvalue weighted by atomic mass is 10.1. The molecule has 0 bridgehead atoms. The Bertz CT molecular complexity index is 571. The smallest absolute Gasteiger partial charge is 0.323 e. The third-order valence-corrected chi connectivity index (χ3v) is 3.79. The summed E-state index contributed by atoms with van der Waals surface area (Å²) in [7, 11) is 0. The van der Waals surface area contributed by atoms with Crippen molar-refractivity contribution in [3.05, 3.63) is 24.3 Å². The molecule has 0 aromatic heterocycles. The second-order valence-electron chi connectivity index (χ2n) is 5.29. The van der Waals surface area contributed by atoms with Gasteiger partial charge in [-0.3, -0.25) is 9.59 Å². The highest BCUT2D eigenvalue weighted by Gasteiger charge is 2.34. The van der Waals surface area contributed by atoms with Crippen molar-refractivity contribution in [2.75, 3.05) is 44.3 Å². The molecular weight excluding hydrogens is 288 g/mol. The number of ether oxygens (including phenoxy) is 2. The Balaban J connectivity index is 1.79. The summed E-state index contributed by atoms with van der Waals surface area (Å²) in [4.78, 5) is 27.0. The highest BCUT2D eigenvalue weighted by Crippen LogP contribution is 2.33. The van der Waals surface area contributed by atoms with Gasteiger partial charge in [0.25, 0.3) is 5.91 Å². The lowest BCUT2D eigenvalue weighted by molar-refractivity contribution is -0.143. The Morgan fingerprint density at radius 3 is 2.68 bits per heavy atom. The molecule has 118 valence electrons. The van der Waals surface area contributed by atoms with E-state index < -0.39 is 12.1 Å². The van der Waals surface area contributed by atoms with Crippen LogP contribution in [0.2, 0.25) is 0 Å². The van der Waals surface area contributed by atoms with E-state index in [1.807, 2.05) is 6.07 Å². The SMILES string of the molecule is O=C(O)CN1CC(C(=O)N2CCOCC2)Oc2ccccc21. The van der Waals surface area contributed by atoms with Crippen LogP contribution >= 0.6 is 0 Å². The van der Waals surface area contributed by atoms with Crippen LogP contribution in [-0.2, 0) is 14.3 Å². The van der Waals surface area contributed by atoms with E-state index in [4.69, 9.17) is 14.6 Å². The topological polar surface area (TPSA) is 79.3 Å². The van der Waals surface area contributed by atoms with E-state index in [1.54, 1.807) is 28.0 Å². The van der Waals surface area contributed by atoms with Gasteiger partial charge in [0.05, 0.1) is 25.4 Å². The molecule has 1 N–H and O–H groups in total. The second-order valence-corrected chi connectivity index (χ2v) is 5.29. The van der Waals surface area contributed by atoms with Crippen molar-refractivity contribution < 1.29 is 24.2 Å². The number of amides is 1. The summed E-state index contributed by atoms with van der Waals surface area (Å²) in [5, 5.41) is 9.07. The molecule has 0 radical (unpaired) electrons. The molecule has 7 heteroatoms. The Kier molecular flexibility index (Phi) is 4.15. The minimum atomic E-state index is -0.936. The number of anilines is 1. The maximum absolute atomic E-state index is 12.6. The van der Waals surface area contributed by atoms with Crippen LogP contribution in [0.5, 0.6) is 5.75 Å². The first kappa shape index (κ1) is 14.6. The van der Waals surface area contributed by atoms with Crippen molar-refractivity contribution in [2.24, 2.45) is 0 Å². The van der Waals surface area contributed by atoms with Crippen molar-refractivity contribution in [1.29, 1.82) is 0 Å². The number of benzene rings is 1. The zero-order valence-corrected chi connectivity index (χ0v) is 12.1. The van der Waals surface area contributed by atoms with E-state index in [-0.39, 0.29) is 19.0 Å². The molecule has 2 aliphatic rings. The first-order valence-electron chi connectivity index (χ1n) is 7.24. The van der Waals surface area contributed by atoms with E-state index in [0.717, 1.165) is 0 Å². The molecule has 1 saturated heterocycles. The minimum absolute atomic E-state index is 0.117. The number of carbonyl (C=O) groups is 2. The average Bonchev–Trinajstić information content (AvgIpc) is 2.54. The number of hydrogen-bond donors (Lipinski definition) is 1. The lowest BCUT2D eigenvalue weighted by Gasteiger charge is -2.37. The van der Waals surface area contributed by atoms with Crippen molar-refractivity contribution in [1.82, 2.24) is 4.90 Å². The van der Waals surface area contributed by atoms with Gasteiger partial charge in [0, 0.05) is 13.1 Å². The molecule has 2 aliphatic heterocycles. The number of carboxylic acid groups (broad SMARTS) is 1. The van der Waals surface area contributed by atoms with Crippen LogP contribution in [-0.4, -0.2) is 67.4 Å². The molecule has 1 aromatic carbocycles.